The van der Waals surface area contributed by atoms with E-state index >= 15 is 0 Å². The van der Waals surface area contributed by atoms with E-state index < -0.39 is 11.4 Å². The standard InChI is InChI=1S/C15H20N2O3/c18-13(19)15(8-4-9-15)11-17-14(20)16-10-7-12-5-2-1-3-6-12/h1-3,5-6H,4,7-11H2,(H,18,19)(H2,16,17,20). The van der Waals surface area contributed by atoms with E-state index in [0.717, 1.165) is 18.4 Å². The molecule has 1 saturated carbocycles. The van der Waals surface area contributed by atoms with Crippen LogP contribution in [0, 0.1) is 5.41 Å². The Morgan fingerprint density at radius 2 is 1.85 bits per heavy atom. The summed E-state index contributed by atoms with van der Waals surface area (Å²) >= 11 is 0. The van der Waals surface area contributed by atoms with Crippen LogP contribution < -0.4 is 10.6 Å². The number of hydrogen-bond donors (Lipinski definition) is 3. The summed E-state index contributed by atoms with van der Waals surface area (Å²) in [5.41, 5.74) is 0.422. The number of hydrogen-bond acceptors (Lipinski definition) is 2. The van der Waals surface area contributed by atoms with Crippen LogP contribution in [0.3, 0.4) is 0 Å². The van der Waals surface area contributed by atoms with Gasteiger partial charge in [-0.1, -0.05) is 36.8 Å². The van der Waals surface area contributed by atoms with Crippen molar-refractivity contribution in [2.75, 3.05) is 13.1 Å². The molecule has 0 saturated heterocycles. The molecule has 3 N–H and O–H groups in total. The van der Waals surface area contributed by atoms with Crippen LogP contribution in [0.2, 0.25) is 0 Å². The van der Waals surface area contributed by atoms with Crippen molar-refractivity contribution in [3.05, 3.63) is 35.9 Å². The molecule has 0 radical (unpaired) electrons. The molecule has 5 heteroatoms. The van der Waals surface area contributed by atoms with Crippen LogP contribution in [0.5, 0.6) is 0 Å². The summed E-state index contributed by atoms with van der Waals surface area (Å²) in [6.45, 7) is 0.745. The zero-order chi connectivity index (χ0) is 14.4. The van der Waals surface area contributed by atoms with Crippen molar-refractivity contribution < 1.29 is 14.7 Å². The van der Waals surface area contributed by atoms with E-state index in [-0.39, 0.29) is 12.6 Å². The predicted octanol–water partition coefficient (Wildman–Crippen LogP) is 1.78. The molecule has 5 nitrogen and oxygen atoms in total. The van der Waals surface area contributed by atoms with Crippen LogP contribution in [-0.4, -0.2) is 30.2 Å². The minimum absolute atomic E-state index is 0.208. The van der Waals surface area contributed by atoms with Crippen molar-refractivity contribution in [2.45, 2.75) is 25.7 Å². The van der Waals surface area contributed by atoms with E-state index in [4.69, 9.17) is 5.11 Å². The van der Waals surface area contributed by atoms with E-state index in [2.05, 4.69) is 10.6 Å². The van der Waals surface area contributed by atoms with Gasteiger partial charge < -0.3 is 15.7 Å². The average molecular weight is 276 g/mol. The number of urea groups is 1. The van der Waals surface area contributed by atoms with Gasteiger partial charge in [0, 0.05) is 13.1 Å². The van der Waals surface area contributed by atoms with Crippen molar-refractivity contribution in [1.82, 2.24) is 10.6 Å². The number of rotatable bonds is 6. The molecule has 1 aromatic rings. The average Bonchev–Trinajstić information content (AvgIpc) is 2.38. The lowest BCUT2D eigenvalue weighted by atomic mass is 9.69. The first kappa shape index (κ1) is 14.4. The molecule has 0 aromatic heterocycles. The summed E-state index contributed by atoms with van der Waals surface area (Å²) in [6.07, 6.45) is 2.97. The van der Waals surface area contributed by atoms with Gasteiger partial charge >= 0.3 is 12.0 Å². The monoisotopic (exact) mass is 276 g/mol. The zero-order valence-electron chi connectivity index (χ0n) is 11.4. The van der Waals surface area contributed by atoms with Gasteiger partial charge in [0.15, 0.2) is 0 Å². The third kappa shape index (κ3) is 3.50. The Morgan fingerprint density at radius 1 is 1.15 bits per heavy atom. The van der Waals surface area contributed by atoms with Gasteiger partial charge in [0.2, 0.25) is 0 Å². The maximum atomic E-state index is 11.6. The second kappa shape index (κ2) is 6.41. The molecule has 1 aliphatic rings. The number of carbonyl (C=O) groups is 2. The summed E-state index contributed by atoms with van der Waals surface area (Å²) in [6, 6.07) is 9.59. The number of benzene rings is 1. The molecule has 2 amide bonds. The summed E-state index contributed by atoms with van der Waals surface area (Å²) in [5.74, 6) is -0.812. The first-order chi connectivity index (χ1) is 9.62. The minimum Gasteiger partial charge on any atom is -0.481 e. The Balaban J connectivity index is 1.67. The smallest absolute Gasteiger partial charge is 0.314 e. The number of carboxylic acid groups (broad SMARTS) is 1. The molecule has 0 bridgehead atoms. The van der Waals surface area contributed by atoms with Gasteiger partial charge in [-0.05, 0) is 24.8 Å². The third-order valence-corrected chi connectivity index (χ3v) is 3.89. The third-order valence-electron chi connectivity index (χ3n) is 3.89. The van der Waals surface area contributed by atoms with Crippen LogP contribution >= 0.6 is 0 Å². The summed E-state index contributed by atoms with van der Waals surface area (Å²) in [4.78, 5) is 22.8. The molecule has 20 heavy (non-hydrogen) atoms. The van der Waals surface area contributed by atoms with Crippen molar-refractivity contribution in [1.29, 1.82) is 0 Å². The number of nitrogens with one attached hydrogen (secondary N) is 2. The second-order valence-electron chi connectivity index (χ2n) is 5.28. The Labute approximate surface area is 118 Å². The minimum atomic E-state index is -0.812. The fraction of sp³-hybridized carbons (Fsp3) is 0.467. The molecule has 1 aliphatic carbocycles. The molecular weight excluding hydrogens is 256 g/mol. The Kier molecular flexibility index (Phi) is 4.61. The first-order valence-corrected chi connectivity index (χ1v) is 6.91. The van der Waals surface area contributed by atoms with Gasteiger partial charge in [-0.15, -0.1) is 0 Å². The highest BCUT2D eigenvalue weighted by atomic mass is 16.4. The van der Waals surface area contributed by atoms with Gasteiger partial charge in [-0.25, -0.2) is 4.79 Å². The molecule has 2 rings (SSSR count). The van der Waals surface area contributed by atoms with Gasteiger partial charge in [-0.2, -0.15) is 0 Å². The molecule has 0 atom stereocenters. The molecule has 0 heterocycles. The van der Waals surface area contributed by atoms with Gasteiger partial charge in [-0.3, -0.25) is 4.79 Å². The quantitative estimate of drug-likeness (QED) is 0.741. The first-order valence-electron chi connectivity index (χ1n) is 6.91. The van der Waals surface area contributed by atoms with Crippen LogP contribution in [0.15, 0.2) is 30.3 Å². The Morgan fingerprint density at radius 3 is 2.40 bits per heavy atom. The Hall–Kier alpha value is -2.04. The number of aliphatic carboxylic acids is 1. The highest BCUT2D eigenvalue weighted by Gasteiger charge is 2.44. The van der Waals surface area contributed by atoms with Crippen molar-refractivity contribution in [3.8, 4) is 0 Å². The Bertz CT molecular complexity index is 469. The van der Waals surface area contributed by atoms with Gasteiger partial charge in [0.25, 0.3) is 0 Å². The van der Waals surface area contributed by atoms with Gasteiger partial charge in [0.05, 0.1) is 5.41 Å². The second-order valence-corrected chi connectivity index (χ2v) is 5.28. The number of carbonyl (C=O) groups excluding carboxylic acids is 1. The van der Waals surface area contributed by atoms with E-state index in [1.807, 2.05) is 30.3 Å². The molecule has 0 unspecified atom stereocenters. The normalized spacial score (nSPS) is 16.0. The number of amides is 2. The molecular formula is C15H20N2O3. The fourth-order valence-electron chi connectivity index (χ4n) is 2.35. The molecule has 108 valence electrons. The highest BCUT2D eigenvalue weighted by molar-refractivity contribution is 5.78. The summed E-state index contributed by atoms with van der Waals surface area (Å²) < 4.78 is 0. The van der Waals surface area contributed by atoms with Crippen molar-refractivity contribution in [3.63, 3.8) is 0 Å². The molecule has 1 aromatic carbocycles. The number of carboxylic acids is 1. The van der Waals surface area contributed by atoms with Crippen LogP contribution in [0.1, 0.15) is 24.8 Å². The maximum absolute atomic E-state index is 11.6. The molecule has 0 aliphatic heterocycles. The summed E-state index contributed by atoms with van der Waals surface area (Å²) in [5, 5.41) is 14.6. The van der Waals surface area contributed by atoms with Crippen LogP contribution in [-0.2, 0) is 11.2 Å². The highest BCUT2D eigenvalue weighted by Crippen LogP contribution is 2.40. The van der Waals surface area contributed by atoms with Crippen LogP contribution in [0.25, 0.3) is 0 Å². The van der Waals surface area contributed by atoms with Crippen molar-refractivity contribution in [2.24, 2.45) is 5.41 Å². The largest absolute Gasteiger partial charge is 0.481 e. The topological polar surface area (TPSA) is 78.4 Å². The van der Waals surface area contributed by atoms with Crippen molar-refractivity contribution >= 4 is 12.0 Å². The van der Waals surface area contributed by atoms with E-state index in [0.29, 0.717) is 19.4 Å². The zero-order valence-corrected chi connectivity index (χ0v) is 11.4. The van der Waals surface area contributed by atoms with E-state index in [1.165, 1.54) is 0 Å². The lowest BCUT2D eigenvalue weighted by Crippen LogP contribution is -2.49. The SMILES string of the molecule is O=C(NCCc1ccccc1)NCC1(C(=O)O)CCC1. The lowest BCUT2D eigenvalue weighted by molar-refractivity contribution is -0.153. The van der Waals surface area contributed by atoms with E-state index in [1.54, 1.807) is 0 Å². The molecule has 1 fully saturated rings. The maximum Gasteiger partial charge on any atom is 0.314 e. The molecule has 0 spiro atoms. The summed E-state index contributed by atoms with van der Waals surface area (Å²) in [7, 11) is 0. The lowest BCUT2D eigenvalue weighted by Gasteiger charge is -2.37. The van der Waals surface area contributed by atoms with E-state index in [9.17, 15) is 9.59 Å². The van der Waals surface area contributed by atoms with Gasteiger partial charge in [0.1, 0.15) is 0 Å². The fourth-order valence-corrected chi connectivity index (χ4v) is 2.35. The predicted molar refractivity (Wildman–Crippen MR) is 75.5 cm³/mol. The van der Waals surface area contributed by atoms with Crippen LogP contribution in [0.4, 0.5) is 4.79 Å².